The topological polar surface area (TPSA) is 97.1 Å². The van der Waals surface area contributed by atoms with E-state index < -0.39 is 10.0 Å². The van der Waals surface area contributed by atoms with Crippen LogP contribution in [0.4, 0.5) is 5.82 Å². The number of hydrazine groups is 1. The molecule has 0 saturated carbocycles. The molecule has 1 heterocycles. The van der Waals surface area contributed by atoms with Crippen LogP contribution < -0.4 is 16.0 Å². The summed E-state index contributed by atoms with van der Waals surface area (Å²) in [4.78, 5) is 4.50. The van der Waals surface area contributed by atoms with Crippen molar-refractivity contribution >= 4 is 26.7 Å². The molecule has 0 spiro atoms. The predicted octanol–water partition coefficient (Wildman–Crippen LogP) is 1.84. The van der Waals surface area contributed by atoms with Crippen LogP contribution in [0.5, 0.6) is 0 Å². The Morgan fingerprint density at radius 2 is 2.00 bits per heavy atom. The van der Waals surface area contributed by atoms with Gasteiger partial charge in [0, 0.05) is 11.9 Å². The zero-order valence-corrected chi connectivity index (χ0v) is 12.9. The van der Waals surface area contributed by atoms with Crippen LogP contribution >= 0.6 is 0 Å². The van der Waals surface area contributed by atoms with E-state index in [-0.39, 0.29) is 4.90 Å². The van der Waals surface area contributed by atoms with Crippen molar-refractivity contribution in [2.24, 2.45) is 11.8 Å². The number of sulfonamides is 1. The van der Waals surface area contributed by atoms with Gasteiger partial charge in [0.05, 0.1) is 10.4 Å². The van der Waals surface area contributed by atoms with Gasteiger partial charge in [0.25, 0.3) is 0 Å². The van der Waals surface area contributed by atoms with Gasteiger partial charge in [-0.2, -0.15) is 0 Å². The molecule has 0 unspecified atom stereocenters. The van der Waals surface area contributed by atoms with Crippen molar-refractivity contribution < 1.29 is 8.42 Å². The Morgan fingerprint density at radius 3 is 2.67 bits per heavy atom. The second kappa shape index (κ2) is 6.38. The van der Waals surface area contributed by atoms with Crippen molar-refractivity contribution in [1.82, 2.24) is 9.71 Å². The summed E-state index contributed by atoms with van der Waals surface area (Å²) in [5.74, 6) is 6.29. The summed E-state index contributed by atoms with van der Waals surface area (Å²) in [5, 5.41) is 0.751. The van der Waals surface area contributed by atoms with E-state index in [1.165, 1.54) is 0 Å². The molecule has 0 bridgehead atoms. The Hall–Kier alpha value is -1.70. The minimum atomic E-state index is -3.48. The van der Waals surface area contributed by atoms with Crippen LogP contribution in [0.3, 0.4) is 0 Å². The van der Waals surface area contributed by atoms with Crippen molar-refractivity contribution in [3.63, 3.8) is 0 Å². The van der Waals surface area contributed by atoms with E-state index >= 15 is 0 Å². The molecule has 4 N–H and O–H groups in total. The fourth-order valence-corrected chi connectivity index (χ4v) is 3.00. The summed E-state index contributed by atoms with van der Waals surface area (Å²) >= 11 is 0. The van der Waals surface area contributed by atoms with Crippen molar-refractivity contribution in [3.8, 4) is 0 Å². The second-order valence-electron chi connectivity index (χ2n) is 5.28. The van der Waals surface area contributed by atoms with Gasteiger partial charge in [-0.3, -0.25) is 0 Å². The van der Waals surface area contributed by atoms with Gasteiger partial charge in [-0.15, -0.1) is 0 Å². The highest BCUT2D eigenvalue weighted by molar-refractivity contribution is 7.89. The number of nitrogens with two attached hydrogens (primary N) is 1. The first-order valence-corrected chi connectivity index (χ1v) is 8.28. The molecule has 6 nitrogen and oxygen atoms in total. The van der Waals surface area contributed by atoms with Crippen LogP contribution in [0.25, 0.3) is 10.9 Å². The third kappa shape index (κ3) is 3.90. The van der Waals surface area contributed by atoms with Crippen LogP contribution in [0, 0.1) is 5.92 Å². The van der Waals surface area contributed by atoms with Crippen molar-refractivity contribution in [2.75, 3.05) is 12.0 Å². The number of nitrogen functional groups attached to an aromatic ring is 1. The molecular formula is C14H20N4O2S. The van der Waals surface area contributed by atoms with Gasteiger partial charge in [0.15, 0.2) is 0 Å². The van der Waals surface area contributed by atoms with E-state index in [2.05, 4.69) is 29.0 Å². The lowest BCUT2D eigenvalue weighted by Gasteiger charge is -2.09. The minimum Gasteiger partial charge on any atom is -0.308 e. The number of aromatic nitrogens is 1. The summed E-state index contributed by atoms with van der Waals surface area (Å²) in [7, 11) is -3.48. The first kappa shape index (κ1) is 15.7. The Balaban J connectivity index is 2.25. The Labute approximate surface area is 124 Å². The molecule has 0 atom stereocenters. The van der Waals surface area contributed by atoms with Gasteiger partial charge in [-0.25, -0.2) is 24.0 Å². The molecule has 0 amide bonds. The molecule has 0 aliphatic carbocycles. The van der Waals surface area contributed by atoms with Gasteiger partial charge in [-0.05, 0) is 42.7 Å². The molecule has 7 heteroatoms. The molecule has 0 aliphatic rings. The molecule has 1 aromatic heterocycles. The standard InChI is InChI=1S/C14H20N4O2S/c1-10(2)7-8-16-21(19,20)12-4-5-13-11(9-12)3-6-14(17-13)18-15/h3-6,9-10,16H,7-8,15H2,1-2H3,(H,17,18). The SMILES string of the molecule is CC(C)CCNS(=O)(=O)c1ccc2nc(NN)ccc2c1. The summed E-state index contributed by atoms with van der Waals surface area (Å²) in [6, 6.07) is 8.32. The van der Waals surface area contributed by atoms with Gasteiger partial charge in [0.1, 0.15) is 5.82 Å². The summed E-state index contributed by atoms with van der Waals surface area (Å²) in [5.41, 5.74) is 3.15. The van der Waals surface area contributed by atoms with Gasteiger partial charge in [-0.1, -0.05) is 13.8 Å². The Kier molecular flexibility index (Phi) is 4.76. The lowest BCUT2D eigenvalue weighted by molar-refractivity contribution is 0.551. The van der Waals surface area contributed by atoms with Crippen molar-refractivity contribution in [3.05, 3.63) is 30.3 Å². The third-order valence-electron chi connectivity index (χ3n) is 3.13. The number of hydrogen-bond acceptors (Lipinski definition) is 5. The van der Waals surface area contributed by atoms with Crippen molar-refractivity contribution in [1.29, 1.82) is 0 Å². The number of benzene rings is 1. The minimum absolute atomic E-state index is 0.244. The highest BCUT2D eigenvalue weighted by Crippen LogP contribution is 2.19. The molecular weight excluding hydrogens is 288 g/mol. The number of anilines is 1. The third-order valence-corrected chi connectivity index (χ3v) is 4.59. The highest BCUT2D eigenvalue weighted by atomic mass is 32.2. The molecule has 21 heavy (non-hydrogen) atoms. The number of fused-ring (bicyclic) bond motifs is 1. The zero-order chi connectivity index (χ0) is 15.5. The number of nitrogens with zero attached hydrogens (tertiary/aromatic N) is 1. The first-order chi connectivity index (χ1) is 9.92. The van der Waals surface area contributed by atoms with E-state index in [1.807, 2.05) is 0 Å². The summed E-state index contributed by atoms with van der Waals surface area (Å²) in [6.45, 7) is 4.55. The van der Waals surface area contributed by atoms with Crippen molar-refractivity contribution in [2.45, 2.75) is 25.2 Å². The fourth-order valence-electron chi connectivity index (χ4n) is 1.92. The van der Waals surface area contributed by atoms with Gasteiger partial charge in [0.2, 0.25) is 10.0 Å². The molecule has 0 aliphatic heterocycles. The van der Waals surface area contributed by atoms with Crippen LogP contribution in [0.15, 0.2) is 35.2 Å². The average Bonchev–Trinajstić information content (AvgIpc) is 2.45. The predicted molar refractivity (Wildman–Crippen MR) is 84.2 cm³/mol. The summed E-state index contributed by atoms with van der Waals surface area (Å²) < 4.78 is 27.0. The van der Waals surface area contributed by atoms with Crippen LogP contribution in [0.1, 0.15) is 20.3 Å². The maximum atomic E-state index is 12.2. The number of rotatable bonds is 6. The number of pyridine rings is 1. The number of hydrogen-bond donors (Lipinski definition) is 3. The van der Waals surface area contributed by atoms with Crippen LogP contribution in [0.2, 0.25) is 0 Å². The zero-order valence-electron chi connectivity index (χ0n) is 12.1. The van der Waals surface area contributed by atoms with E-state index in [0.29, 0.717) is 23.8 Å². The van der Waals surface area contributed by atoms with E-state index in [1.54, 1.807) is 30.3 Å². The quantitative estimate of drug-likeness (QED) is 0.559. The monoisotopic (exact) mass is 308 g/mol. The summed E-state index contributed by atoms with van der Waals surface area (Å²) in [6.07, 6.45) is 0.805. The molecule has 0 saturated heterocycles. The van der Waals surface area contributed by atoms with E-state index in [9.17, 15) is 8.42 Å². The molecule has 0 radical (unpaired) electrons. The largest absolute Gasteiger partial charge is 0.308 e. The smallest absolute Gasteiger partial charge is 0.240 e. The molecule has 0 fully saturated rings. The average molecular weight is 308 g/mol. The fraction of sp³-hybridized carbons (Fsp3) is 0.357. The molecule has 114 valence electrons. The second-order valence-corrected chi connectivity index (χ2v) is 7.04. The van der Waals surface area contributed by atoms with Gasteiger partial charge < -0.3 is 5.43 Å². The van der Waals surface area contributed by atoms with Crippen LogP contribution in [-0.4, -0.2) is 19.9 Å². The lowest BCUT2D eigenvalue weighted by atomic mass is 10.1. The first-order valence-electron chi connectivity index (χ1n) is 6.79. The molecule has 1 aromatic carbocycles. The highest BCUT2D eigenvalue weighted by Gasteiger charge is 2.14. The maximum absolute atomic E-state index is 12.2. The van der Waals surface area contributed by atoms with E-state index in [4.69, 9.17) is 5.84 Å². The molecule has 2 aromatic rings. The number of nitrogens with one attached hydrogen (secondary N) is 2. The lowest BCUT2D eigenvalue weighted by Crippen LogP contribution is -2.25. The normalized spacial score (nSPS) is 12.0. The maximum Gasteiger partial charge on any atom is 0.240 e. The Bertz CT molecular complexity index is 729. The van der Waals surface area contributed by atoms with Gasteiger partial charge >= 0.3 is 0 Å². The Morgan fingerprint density at radius 1 is 1.24 bits per heavy atom. The van der Waals surface area contributed by atoms with E-state index in [0.717, 1.165) is 11.8 Å². The van der Waals surface area contributed by atoms with Crippen LogP contribution in [-0.2, 0) is 10.0 Å². The molecule has 2 rings (SSSR count).